The summed E-state index contributed by atoms with van der Waals surface area (Å²) in [6, 6.07) is 19.3. The molecule has 3 nitrogen and oxygen atoms in total. The summed E-state index contributed by atoms with van der Waals surface area (Å²) in [6.45, 7) is 0.837. The number of carbonyl (C=O) groups excluding carboxylic acids is 1. The fourth-order valence-electron chi connectivity index (χ4n) is 2.17. The molecule has 3 rings (SSSR count). The van der Waals surface area contributed by atoms with Gasteiger partial charge in [0, 0.05) is 4.88 Å². The number of para-hydroxylation sites is 1. The van der Waals surface area contributed by atoms with Crippen molar-refractivity contribution in [3.05, 3.63) is 77.4 Å². The Labute approximate surface area is 143 Å². The van der Waals surface area contributed by atoms with Crippen LogP contribution in [-0.4, -0.2) is 19.1 Å². The van der Waals surface area contributed by atoms with Crippen LogP contribution >= 0.6 is 11.3 Å². The van der Waals surface area contributed by atoms with Crippen LogP contribution in [0.3, 0.4) is 0 Å². The van der Waals surface area contributed by atoms with Crippen molar-refractivity contribution < 1.29 is 13.9 Å². The predicted molar refractivity (Wildman–Crippen MR) is 94.0 cm³/mol. The van der Waals surface area contributed by atoms with Crippen molar-refractivity contribution in [1.29, 1.82) is 0 Å². The molecule has 5 heteroatoms. The van der Waals surface area contributed by atoms with Gasteiger partial charge in [-0.05, 0) is 42.0 Å². The molecule has 0 aliphatic rings. The number of carbonyl (C=O) groups is 1. The summed E-state index contributed by atoms with van der Waals surface area (Å²) in [5, 5.41) is 2.83. The van der Waals surface area contributed by atoms with Gasteiger partial charge in [0.05, 0.1) is 11.4 Å². The first-order valence-corrected chi connectivity index (χ1v) is 8.36. The number of nitrogens with one attached hydrogen (secondary N) is 1. The third-order valence-corrected chi connectivity index (χ3v) is 4.49. The second-order valence-corrected chi connectivity index (χ2v) is 6.17. The number of rotatable bonds is 6. The van der Waals surface area contributed by atoms with Crippen molar-refractivity contribution in [3.8, 4) is 16.2 Å². The van der Waals surface area contributed by atoms with Gasteiger partial charge in [-0.1, -0.05) is 30.3 Å². The van der Waals surface area contributed by atoms with Gasteiger partial charge in [-0.3, -0.25) is 4.79 Å². The molecule has 24 heavy (non-hydrogen) atoms. The summed E-state index contributed by atoms with van der Waals surface area (Å²) in [6.07, 6.45) is 0. The molecule has 0 atom stereocenters. The largest absolute Gasteiger partial charge is 0.492 e. The maximum atomic E-state index is 13.0. The standard InChI is InChI=1S/C19H16FNO2S/c20-15-8-6-14(7-9-15)17-10-11-18(24-17)19(22)21-12-13-23-16-4-2-1-3-5-16/h1-11H,12-13H2,(H,21,22). The van der Waals surface area contributed by atoms with Gasteiger partial charge in [0.1, 0.15) is 18.2 Å². The Morgan fingerprint density at radius 3 is 2.50 bits per heavy atom. The van der Waals surface area contributed by atoms with Gasteiger partial charge in [0.2, 0.25) is 0 Å². The fourth-order valence-corrected chi connectivity index (χ4v) is 3.09. The van der Waals surface area contributed by atoms with Crippen molar-refractivity contribution in [3.63, 3.8) is 0 Å². The third kappa shape index (κ3) is 4.20. The van der Waals surface area contributed by atoms with E-state index in [2.05, 4.69) is 5.32 Å². The predicted octanol–water partition coefficient (Wildman–Crippen LogP) is 4.36. The lowest BCUT2D eigenvalue weighted by Crippen LogP contribution is -2.27. The SMILES string of the molecule is O=C(NCCOc1ccccc1)c1ccc(-c2ccc(F)cc2)s1. The van der Waals surface area contributed by atoms with E-state index >= 15 is 0 Å². The number of halogens is 1. The Hall–Kier alpha value is -2.66. The molecule has 3 aromatic rings. The highest BCUT2D eigenvalue weighted by atomic mass is 32.1. The minimum atomic E-state index is -0.272. The van der Waals surface area contributed by atoms with Crippen molar-refractivity contribution in [1.82, 2.24) is 5.32 Å². The Morgan fingerprint density at radius 1 is 1.00 bits per heavy atom. The summed E-state index contributed by atoms with van der Waals surface area (Å²) < 4.78 is 18.5. The van der Waals surface area contributed by atoms with Gasteiger partial charge in [0.15, 0.2) is 0 Å². The minimum Gasteiger partial charge on any atom is -0.492 e. The third-order valence-electron chi connectivity index (χ3n) is 3.36. The van der Waals surface area contributed by atoms with Crippen LogP contribution in [0.1, 0.15) is 9.67 Å². The summed E-state index contributed by atoms with van der Waals surface area (Å²) in [5.74, 6) is 0.373. The molecule has 1 heterocycles. The summed E-state index contributed by atoms with van der Waals surface area (Å²) in [7, 11) is 0. The van der Waals surface area contributed by atoms with Gasteiger partial charge >= 0.3 is 0 Å². The Balaban J connectivity index is 1.51. The number of amides is 1. The van der Waals surface area contributed by atoms with Gasteiger partial charge < -0.3 is 10.1 Å². The molecule has 0 aliphatic carbocycles. The van der Waals surface area contributed by atoms with Crippen LogP contribution in [0.2, 0.25) is 0 Å². The first-order valence-electron chi connectivity index (χ1n) is 7.54. The lowest BCUT2D eigenvalue weighted by Gasteiger charge is -2.06. The summed E-state index contributed by atoms with van der Waals surface area (Å²) in [5.41, 5.74) is 0.896. The highest BCUT2D eigenvalue weighted by Gasteiger charge is 2.10. The molecular formula is C19H16FNO2S. The number of ether oxygens (including phenoxy) is 1. The Morgan fingerprint density at radius 2 is 1.75 bits per heavy atom. The van der Waals surface area contributed by atoms with Crippen LogP contribution < -0.4 is 10.1 Å². The molecule has 0 radical (unpaired) electrons. The average Bonchev–Trinajstić information content (AvgIpc) is 3.10. The lowest BCUT2D eigenvalue weighted by atomic mass is 10.2. The van der Waals surface area contributed by atoms with Crippen LogP contribution in [0.25, 0.3) is 10.4 Å². The van der Waals surface area contributed by atoms with Crippen LogP contribution in [0.5, 0.6) is 5.75 Å². The van der Waals surface area contributed by atoms with E-state index in [9.17, 15) is 9.18 Å². The number of benzene rings is 2. The molecule has 0 unspecified atom stereocenters. The van der Waals surface area contributed by atoms with Crippen molar-refractivity contribution in [2.24, 2.45) is 0 Å². The topological polar surface area (TPSA) is 38.3 Å². The van der Waals surface area contributed by atoms with Gasteiger partial charge in [0.25, 0.3) is 5.91 Å². The molecule has 0 aliphatic heterocycles. The molecule has 0 fully saturated rings. The van der Waals surface area contributed by atoms with Crippen LogP contribution in [0, 0.1) is 5.82 Å². The first kappa shape index (κ1) is 16.2. The average molecular weight is 341 g/mol. The molecule has 2 aromatic carbocycles. The van der Waals surface area contributed by atoms with E-state index in [0.717, 1.165) is 16.2 Å². The van der Waals surface area contributed by atoms with E-state index in [-0.39, 0.29) is 11.7 Å². The van der Waals surface area contributed by atoms with Crippen LogP contribution in [-0.2, 0) is 0 Å². The molecule has 0 saturated carbocycles. The molecule has 1 amide bonds. The lowest BCUT2D eigenvalue weighted by molar-refractivity contribution is 0.0951. The second-order valence-electron chi connectivity index (χ2n) is 5.09. The molecular weight excluding hydrogens is 325 g/mol. The number of thiophene rings is 1. The normalized spacial score (nSPS) is 10.4. The Bertz CT molecular complexity index is 800. The zero-order valence-corrected chi connectivity index (χ0v) is 13.7. The molecule has 1 aromatic heterocycles. The first-order chi connectivity index (χ1) is 11.7. The smallest absolute Gasteiger partial charge is 0.261 e. The van der Waals surface area contributed by atoms with E-state index in [0.29, 0.717) is 18.0 Å². The maximum Gasteiger partial charge on any atom is 0.261 e. The zero-order chi connectivity index (χ0) is 16.8. The van der Waals surface area contributed by atoms with E-state index in [1.165, 1.54) is 23.5 Å². The van der Waals surface area contributed by atoms with Crippen molar-refractivity contribution in [2.75, 3.05) is 13.2 Å². The zero-order valence-electron chi connectivity index (χ0n) is 12.9. The highest BCUT2D eigenvalue weighted by molar-refractivity contribution is 7.17. The summed E-state index contributed by atoms with van der Waals surface area (Å²) in [4.78, 5) is 13.7. The van der Waals surface area contributed by atoms with Crippen LogP contribution in [0.15, 0.2) is 66.7 Å². The van der Waals surface area contributed by atoms with Gasteiger partial charge in [-0.25, -0.2) is 4.39 Å². The molecule has 0 bridgehead atoms. The van der Waals surface area contributed by atoms with E-state index in [1.807, 2.05) is 36.4 Å². The molecule has 1 N–H and O–H groups in total. The monoisotopic (exact) mass is 341 g/mol. The van der Waals surface area contributed by atoms with Crippen molar-refractivity contribution in [2.45, 2.75) is 0 Å². The minimum absolute atomic E-state index is 0.134. The van der Waals surface area contributed by atoms with Gasteiger partial charge in [-0.15, -0.1) is 11.3 Å². The van der Waals surface area contributed by atoms with E-state index in [4.69, 9.17) is 4.74 Å². The number of hydrogen-bond acceptors (Lipinski definition) is 3. The van der Waals surface area contributed by atoms with Crippen molar-refractivity contribution >= 4 is 17.2 Å². The molecule has 122 valence electrons. The maximum absolute atomic E-state index is 13.0. The fraction of sp³-hybridized carbons (Fsp3) is 0.105. The van der Waals surface area contributed by atoms with E-state index < -0.39 is 0 Å². The van der Waals surface area contributed by atoms with E-state index in [1.54, 1.807) is 18.2 Å². The van der Waals surface area contributed by atoms with Crippen LogP contribution in [0.4, 0.5) is 4.39 Å². The van der Waals surface area contributed by atoms with Gasteiger partial charge in [-0.2, -0.15) is 0 Å². The second kappa shape index (κ2) is 7.75. The molecule has 0 saturated heterocycles. The Kier molecular flexibility index (Phi) is 5.23. The number of hydrogen-bond donors (Lipinski definition) is 1. The summed E-state index contributed by atoms with van der Waals surface area (Å²) >= 11 is 1.38. The highest BCUT2D eigenvalue weighted by Crippen LogP contribution is 2.28. The quantitative estimate of drug-likeness (QED) is 0.677. The molecule has 0 spiro atoms.